The Morgan fingerprint density at radius 2 is 1.87 bits per heavy atom. The SMILES string of the molecule is N#Cc1cnn(-c2ccc(S(=O)(=O)O)cc2S(=O)(=O)O)c1N=N. The molecule has 0 aliphatic carbocycles. The van der Waals surface area contributed by atoms with E-state index in [0.717, 1.165) is 23.0 Å². The lowest BCUT2D eigenvalue weighted by Crippen LogP contribution is -2.09. The van der Waals surface area contributed by atoms with Gasteiger partial charge >= 0.3 is 0 Å². The first-order valence-corrected chi connectivity index (χ1v) is 8.42. The molecule has 11 nitrogen and oxygen atoms in total. The molecule has 0 aliphatic heterocycles. The van der Waals surface area contributed by atoms with Crippen LogP contribution >= 0.6 is 0 Å². The molecule has 0 radical (unpaired) electrons. The summed E-state index contributed by atoms with van der Waals surface area (Å²) in [5, 5.41) is 15.6. The molecule has 0 aliphatic rings. The largest absolute Gasteiger partial charge is 0.296 e. The zero-order chi connectivity index (χ0) is 17.4. The van der Waals surface area contributed by atoms with Crippen LogP contribution in [-0.2, 0) is 20.2 Å². The molecule has 0 spiro atoms. The normalized spacial score (nSPS) is 11.9. The highest BCUT2D eigenvalue weighted by Crippen LogP contribution is 2.28. The number of hydrogen-bond acceptors (Lipinski definition) is 8. The van der Waals surface area contributed by atoms with Crippen LogP contribution in [0.2, 0.25) is 0 Å². The van der Waals surface area contributed by atoms with Crippen LogP contribution in [0.15, 0.2) is 39.3 Å². The Bertz CT molecular complexity index is 1050. The third-order valence-corrected chi connectivity index (χ3v) is 4.44. The van der Waals surface area contributed by atoms with E-state index in [1.54, 1.807) is 6.07 Å². The smallest absolute Gasteiger partial charge is 0.282 e. The number of benzene rings is 1. The lowest BCUT2D eigenvalue weighted by Gasteiger charge is -2.09. The molecule has 3 N–H and O–H groups in total. The van der Waals surface area contributed by atoms with Crippen molar-refractivity contribution in [1.82, 2.24) is 9.78 Å². The van der Waals surface area contributed by atoms with E-state index in [0.29, 0.717) is 6.07 Å². The number of nitrogens with zero attached hydrogens (tertiary/aromatic N) is 4. The Balaban J connectivity index is 2.87. The Hall–Kier alpha value is -2.66. The van der Waals surface area contributed by atoms with Crippen molar-refractivity contribution in [2.75, 3.05) is 0 Å². The van der Waals surface area contributed by atoms with Crippen LogP contribution in [0, 0.1) is 16.9 Å². The van der Waals surface area contributed by atoms with Crippen LogP contribution in [-0.4, -0.2) is 35.7 Å². The summed E-state index contributed by atoms with van der Waals surface area (Å²) in [6.07, 6.45) is 1.01. The van der Waals surface area contributed by atoms with Crippen LogP contribution in [0.3, 0.4) is 0 Å². The van der Waals surface area contributed by atoms with Crippen molar-refractivity contribution in [1.29, 1.82) is 10.8 Å². The number of rotatable bonds is 4. The quantitative estimate of drug-likeness (QED) is 0.531. The topological polar surface area (TPSA) is 187 Å². The third kappa shape index (κ3) is 3.10. The molecule has 0 amide bonds. The first-order valence-electron chi connectivity index (χ1n) is 5.54. The summed E-state index contributed by atoms with van der Waals surface area (Å²) in [6.45, 7) is 0. The molecule has 2 aromatic rings. The average molecular weight is 357 g/mol. The standard InChI is InChI=1S/C10H7N5O6S2/c11-4-6-5-13-15(10(6)14-12)8-2-1-7(22(16,17)18)3-9(8)23(19,20)21/h1-3,5,12H,(H,16,17,18)(H,19,20,21). The Morgan fingerprint density at radius 3 is 2.35 bits per heavy atom. The molecule has 1 aromatic heterocycles. The summed E-state index contributed by atoms with van der Waals surface area (Å²) >= 11 is 0. The summed E-state index contributed by atoms with van der Waals surface area (Å²) in [7, 11) is -9.63. The van der Waals surface area contributed by atoms with Crippen LogP contribution < -0.4 is 0 Å². The van der Waals surface area contributed by atoms with Crippen molar-refractivity contribution < 1.29 is 25.9 Å². The molecule has 13 heteroatoms. The van der Waals surface area contributed by atoms with Gasteiger partial charge in [-0.2, -0.15) is 27.2 Å². The zero-order valence-corrected chi connectivity index (χ0v) is 12.6. The maximum Gasteiger partial charge on any atom is 0.296 e. The molecule has 0 bridgehead atoms. The molecule has 23 heavy (non-hydrogen) atoms. The molecule has 0 saturated carbocycles. The molecule has 0 saturated heterocycles. The second-order valence-electron chi connectivity index (χ2n) is 4.10. The summed E-state index contributed by atoms with van der Waals surface area (Å²) in [4.78, 5) is -1.67. The molecule has 1 aromatic carbocycles. The van der Waals surface area contributed by atoms with E-state index in [1.807, 2.05) is 0 Å². The first kappa shape index (κ1) is 16.7. The van der Waals surface area contributed by atoms with E-state index in [-0.39, 0.29) is 17.1 Å². The number of aromatic nitrogens is 2. The van der Waals surface area contributed by atoms with E-state index in [4.69, 9.17) is 15.3 Å². The Kier molecular flexibility index (Phi) is 4.01. The molecular weight excluding hydrogens is 350 g/mol. The lowest BCUT2D eigenvalue weighted by molar-refractivity contribution is 0.480. The van der Waals surface area contributed by atoms with Gasteiger partial charge in [0.2, 0.25) is 0 Å². The molecule has 0 atom stereocenters. The second kappa shape index (κ2) is 5.52. The van der Waals surface area contributed by atoms with Gasteiger partial charge in [-0.3, -0.25) is 9.11 Å². The first-order chi connectivity index (χ1) is 10.6. The molecule has 1 heterocycles. The summed E-state index contributed by atoms with van der Waals surface area (Å²) in [5.41, 5.74) is 6.53. The van der Waals surface area contributed by atoms with Gasteiger partial charge in [-0.25, -0.2) is 10.2 Å². The van der Waals surface area contributed by atoms with Crippen molar-refractivity contribution in [3.8, 4) is 11.8 Å². The highest BCUT2D eigenvalue weighted by Gasteiger charge is 2.24. The van der Waals surface area contributed by atoms with Crippen molar-refractivity contribution in [3.05, 3.63) is 30.0 Å². The predicted octanol–water partition coefficient (Wildman–Crippen LogP) is 0.900. The third-order valence-electron chi connectivity index (χ3n) is 2.71. The zero-order valence-electron chi connectivity index (χ0n) is 10.9. The summed E-state index contributed by atoms with van der Waals surface area (Å²) < 4.78 is 64.1. The van der Waals surface area contributed by atoms with Crippen molar-refractivity contribution >= 4 is 26.1 Å². The van der Waals surface area contributed by atoms with Crippen molar-refractivity contribution in [2.24, 2.45) is 5.11 Å². The van der Waals surface area contributed by atoms with Crippen molar-refractivity contribution in [2.45, 2.75) is 9.79 Å². The minimum Gasteiger partial charge on any atom is -0.282 e. The molecule has 2 rings (SSSR count). The van der Waals surface area contributed by atoms with Gasteiger partial charge in [0.25, 0.3) is 20.2 Å². The summed E-state index contributed by atoms with van der Waals surface area (Å²) in [5.74, 6) is -0.322. The van der Waals surface area contributed by atoms with E-state index < -0.39 is 30.0 Å². The van der Waals surface area contributed by atoms with Gasteiger partial charge in [0, 0.05) is 0 Å². The number of nitrogens with one attached hydrogen (secondary N) is 1. The monoisotopic (exact) mass is 357 g/mol. The van der Waals surface area contributed by atoms with Gasteiger partial charge < -0.3 is 0 Å². The van der Waals surface area contributed by atoms with Gasteiger partial charge in [0.15, 0.2) is 5.82 Å². The minimum atomic E-state index is -4.91. The Morgan fingerprint density at radius 1 is 1.22 bits per heavy atom. The molecule has 0 fully saturated rings. The fourth-order valence-electron chi connectivity index (χ4n) is 1.74. The van der Waals surface area contributed by atoms with E-state index in [9.17, 15) is 21.4 Å². The van der Waals surface area contributed by atoms with Gasteiger partial charge in [-0.15, -0.1) is 5.11 Å². The van der Waals surface area contributed by atoms with E-state index in [1.165, 1.54) is 0 Å². The van der Waals surface area contributed by atoms with E-state index in [2.05, 4.69) is 10.2 Å². The van der Waals surface area contributed by atoms with Crippen LogP contribution in [0.5, 0.6) is 0 Å². The Labute approximate surface area is 129 Å². The maximum absolute atomic E-state index is 11.5. The molecule has 120 valence electrons. The minimum absolute atomic E-state index is 0.139. The second-order valence-corrected chi connectivity index (χ2v) is 6.91. The number of nitriles is 1. The van der Waals surface area contributed by atoms with E-state index >= 15 is 0 Å². The highest BCUT2D eigenvalue weighted by atomic mass is 32.2. The highest BCUT2D eigenvalue weighted by molar-refractivity contribution is 7.86. The average Bonchev–Trinajstić information content (AvgIpc) is 2.87. The number of hydrogen-bond donors (Lipinski definition) is 3. The van der Waals surface area contributed by atoms with Crippen molar-refractivity contribution in [3.63, 3.8) is 0 Å². The fraction of sp³-hybridized carbons (Fsp3) is 0. The van der Waals surface area contributed by atoms with Gasteiger partial charge in [-0.05, 0) is 18.2 Å². The van der Waals surface area contributed by atoms with Gasteiger partial charge in [0.05, 0.1) is 16.8 Å². The maximum atomic E-state index is 11.5. The molecule has 0 unspecified atom stereocenters. The van der Waals surface area contributed by atoms with Crippen LogP contribution in [0.1, 0.15) is 5.56 Å². The molecular formula is C10H7N5O6S2. The fourth-order valence-corrected chi connectivity index (χ4v) is 3.02. The predicted molar refractivity (Wildman–Crippen MR) is 72.7 cm³/mol. The van der Waals surface area contributed by atoms with Crippen LogP contribution in [0.4, 0.5) is 5.82 Å². The lowest BCUT2D eigenvalue weighted by atomic mass is 10.3. The van der Waals surface area contributed by atoms with Gasteiger partial charge in [0.1, 0.15) is 16.5 Å². The summed E-state index contributed by atoms with van der Waals surface area (Å²) in [6, 6.07) is 3.99. The van der Waals surface area contributed by atoms with Crippen LogP contribution in [0.25, 0.3) is 5.69 Å². The van der Waals surface area contributed by atoms with Gasteiger partial charge in [-0.1, -0.05) is 0 Å².